The third-order valence-electron chi connectivity index (χ3n) is 4.83. The first kappa shape index (κ1) is 21.7. The molecule has 0 aliphatic carbocycles. The average molecular weight is 464 g/mol. The Morgan fingerprint density at radius 3 is 2.25 bits per heavy atom. The van der Waals surface area contributed by atoms with Gasteiger partial charge in [-0.25, -0.2) is 8.42 Å². The van der Waals surface area contributed by atoms with Crippen LogP contribution in [0.1, 0.15) is 11.6 Å². The molecule has 0 radical (unpaired) electrons. The SMILES string of the molecule is COC[C@@H]1[C@H](c2ccc(Cl)cc2)N(c2ccc(Cl)cc2Cl)CCN1S(C)(=O)=O. The molecule has 5 nitrogen and oxygen atoms in total. The second kappa shape index (κ2) is 8.78. The normalized spacial score (nSPS) is 21.1. The lowest BCUT2D eigenvalue weighted by Gasteiger charge is -2.47. The number of nitrogens with zero attached hydrogens (tertiary/aromatic N) is 2. The van der Waals surface area contributed by atoms with E-state index in [9.17, 15) is 8.42 Å². The first-order valence-electron chi connectivity index (χ1n) is 8.65. The molecule has 0 N–H and O–H groups in total. The highest BCUT2D eigenvalue weighted by Crippen LogP contribution is 2.40. The van der Waals surface area contributed by atoms with Gasteiger partial charge in [0.1, 0.15) is 0 Å². The monoisotopic (exact) mass is 462 g/mol. The summed E-state index contributed by atoms with van der Waals surface area (Å²) in [6, 6.07) is 12.0. The Bertz CT molecular complexity index is 938. The lowest BCUT2D eigenvalue weighted by Crippen LogP contribution is -2.58. The van der Waals surface area contributed by atoms with Gasteiger partial charge >= 0.3 is 0 Å². The van der Waals surface area contributed by atoms with E-state index in [1.165, 1.54) is 10.6 Å². The topological polar surface area (TPSA) is 49.9 Å². The minimum absolute atomic E-state index is 0.238. The molecule has 0 amide bonds. The van der Waals surface area contributed by atoms with Crippen molar-refractivity contribution < 1.29 is 13.2 Å². The number of rotatable bonds is 5. The van der Waals surface area contributed by atoms with Gasteiger partial charge in [-0.2, -0.15) is 4.31 Å². The number of hydrogen-bond donors (Lipinski definition) is 0. The summed E-state index contributed by atoms with van der Waals surface area (Å²) in [6.45, 7) is 1.04. The van der Waals surface area contributed by atoms with Crippen LogP contribution in [0.15, 0.2) is 42.5 Å². The smallest absolute Gasteiger partial charge is 0.211 e. The number of methoxy groups -OCH3 is 1. The maximum Gasteiger partial charge on any atom is 0.211 e. The highest BCUT2D eigenvalue weighted by Gasteiger charge is 2.42. The molecule has 2 atom stereocenters. The molecule has 0 unspecified atom stereocenters. The summed E-state index contributed by atoms with van der Waals surface area (Å²) >= 11 is 18.6. The van der Waals surface area contributed by atoms with Crippen LogP contribution in [0.3, 0.4) is 0 Å². The number of sulfonamides is 1. The molecule has 1 aliphatic rings. The van der Waals surface area contributed by atoms with Gasteiger partial charge in [-0.05, 0) is 35.9 Å². The molecule has 152 valence electrons. The first-order valence-corrected chi connectivity index (χ1v) is 11.6. The Labute approximate surface area is 180 Å². The van der Waals surface area contributed by atoms with Crippen LogP contribution in [0.4, 0.5) is 5.69 Å². The molecule has 2 aromatic carbocycles. The summed E-state index contributed by atoms with van der Waals surface area (Å²) in [7, 11) is -1.86. The van der Waals surface area contributed by atoms with Crippen molar-refractivity contribution in [1.29, 1.82) is 0 Å². The third-order valence-corrected chi connectivity index (χ3v) is 6.92. The predicted octanol–water partition coefficient (Wildman–Crippen LogP) is 4.48. The number of anilines is 1. The summed E-state index contributed by atoms with van der Waals surface area (Å²) < 4.78 is 31.8. The van der Waals surface area contributed by atoms with Gasteiger partial charge < -0.3 is 9.64 Å². The molecule has 1 fully saturated rings. The van der Waals surface area contributed by atoms with E-state index in [-0.39, 0.29) is 12.6 Å². The van der Waals surface area contributed by atoms with Crippen molar-refractivity contribution in [3.05, 3.63) is 63.1 Å². The molecule has 3 rings (SSSR count). The number of hydrogen-bond acceptors (Lipinski definition) is 4. The van der Waals surface area contributed by atoms with Crippen molar-refractivity contribution in [2.45, 2.75) is 12.1 Å². The Balaban J connectivity index is 2.14. The van der Waals surface area contributed by atoms with Gasteiger partial charge in [-0.3, -0.25) is 0 Å². The van der Waals surface area contributed by atoms with Crippen LogP contribution in [-0.2, 0) is 14.8 Å². The molecule has 0 spiro atoms. The van der Waals surface area contributed by atoms with Crippen LogP contribution in [0.5, 0.6) is 0 Å². The van der Waals surface area contributed by atoms with Gasteiger partial charge in [0.15, 0.2) is 0 Å². The molecule has 1 saturated heterocycles. The standard InChI is InChI=1S/C19H21Cl3N2O3S/c1-27-12-18-19(13-3-5-14(20)6-4-13)23(9-10-24(18)28(2,25)26)17-8-7-15(21)11-16(17)22/h3-8,11,18-19H,9-10,12H2,1-2H3/t18-,19+/m1/s1. The number of piperazine rings is 1. The quantitative estimate of drug-likeness (QED) is 0.656. The van der Waals surface area contributed by atoms with E-state index in [0.29, 0.717) is 28.2 Å². The van der Waals surface area contributed by atoms with Crippen molar-refractivity contribution in [3.8, 4) is 0 Å². The van der Waals surface area contributed by atoms with Crippen LogP contribution < -0.4 is 4.90 Å². The minimum atomic E-state index is -3.42. The highest BCUT2D eigenvalue weighted by molar-refractivity contribution is 7.88. The Kier molecular flexibility index (Phi) is 6.80. The van der Waals surface area contributed by atoms with Crippen molar-refractivity contribution >= 4 is 50.5 Å². The molecule has 1 aliphatic heterocycles. The number of halogens is 3. The maximum atomic E-state index is 12.4. The Hall–Kier alpha value is -1.02. The fraction of sp³-hybridized carbons (Fsp3) is 0.368. The molecule has 0 saturated carbocycles. The lowest BCUT2D eigenvalue weighted by atomic mass is 9.95. The summed E-state index contributed by atoms with van der Waals surface area (Å²) in [5.41, 5.74) is 1.71. The summed E-state index contributed by atoms with van der Waals surface area (Å²) in [6.07, 6.45) is 1.22. The fourth-order valence-electron chi connectivity index (χ4n) is 3.68. The van der Waals surface area contributed by atoms with Crippen molar-refractivity contribution in [3.63, 3.8) is 0 Å². The van der Waals surface area contributed by atoms with Crippen LogP contribution in [0.2, 0.25) is 15.1 Å². The molecule has 0 aromatic heterocycles. The zero-order valence-electron chi connectivity index (χ0n) is 15.5. The van der Waals surface area contributed by atoms with Crippen LogP contribution >= 0.6 is 34.8 Å². The zero-order chi connectivity index (χ0) is 20.5. The molecule has 0 bridgehead atoms. The van der Waals surface area contributed by atoms with Crippen LogP contribution in [0.25, 0.3) is 0 Å². The van der Waals surface area contributed by atoms with Gasteiger partial charge in [-0.1, -0.05) is 46.9 Å². The summed E-state index contributed by atoms with van der Waals surface area (Å²) in [5, 5.41) is 1.66. The molecule has 2 aromatic rings. The van der Waals surface area contributed by atoms with Gasteiger partial charge in [0.25, 0.3) is 0 Å². The van der Waals surface area contributed by atoms with Gasteiger partial charge in [0.05, 0.1) is 35.7 Å². The number of benzene rings is 2. The molecular weight excluding hydrogens is 443 g/mol. The van der Waals surface area contributed by atoms with E-state index < -0.39 is 16.1 Å². The first-order chi connectivity index (χ1) is 13.2. The third kappa shape index (κ3) is 4.58. The van der Waals surface area contributed by atoms with Crippen molar-refractivity contribution in [1.82, 2.24) is 4.31 Å². The fourth-order valence-corrected chi connectivity index (χ4v) is 5.40. The summed E-state index contributed by atoms with van der Waals surface area (Å²) in [4.78, 5) is 2.10. The molecule has 1 heterocycles. The Morgan fingerprint density at radius 1 is 1.04 bits per heavy atom. The van der Waals surface area contributed by atoms with Gasteiger partial charge in [0, 0.05) is 30.2 Å². The summed E-state index contributed by atoms with van der Waals surface area (Å²) in [5.74, 6) is 0. The lowest BCUT2D eigenvalue weighted by molar-refractivity contribution is 0.104. The van der Waals surface area contributed by atoms with Crippen LogP contribution in [0, 0.1) is 0 Å². The Morgan fingerprint density at radius 2 is 1.68 bits per heavy atom. The second-order valence-electron chi connectivity index (χ2n) is 6.68. The second-order valence-corrected chi connectivity index (χ2v) is 9.90. The molecular formula is C19H21Cl3N2O3S. The van der Waals surface area contributed by atoms with E-state index in [0.717, 1.165) is 11.3 Å². The van der Waals surface area contributed by atoms with E-state index in [1.54, 1.807) is 31.4 Å². The average Bonchev–Trinajstić information content (AvgIpc) is 2.62. The molecule has 9 heteroatoms. The van der Waals surface area contributed by atoms with Crippen molar-refractivity contribution in [2.24, 2.45) is 0 Å². The highest BCUT2D eigenvalue weighted by atomic mass is 35.5. The minimum Gasteiger partial charge on any atom is -0.383 e. The van der Waals surface area contributed by atoms with Crippen LogP contribution in [-0.4, -0.2) is 51.8 Å². The zero-order valence-corrected chi connectivity index (χ0v) is 18.6. The van der Waals surface area contributed by atoms with E-state index in [2.05, 4.69) is 4.90 Å². The number of ether oxygens (including phenoxy) is 1. The largest absolute Gasteiger partial charge is 0.383 e. The van der Waals surface area contributed by atoms with E-state index in [4.69, 9.17) is 39.5 Å². The molecule has 28 heavy (non-hydrogen) atoms. The van der Waals surface area contributed by atoms with E-state index in [1.807, 2.05) is 18.2 Å². The van der Waals surface area contributed by atoms with Crippen molar-refractivity contribution in [2.75, 3.05) is 38.0 Å². The predicted molar refractivity (Wildman–Crippen MR) is 115 cm³/mol. The van der Waals surface area contributed by atoms with Gasteiger partial charge in [-0.15, -0.1) is 0 Å². The van der Waals surface area contributed by atoms with E-state index >= 15 is 0 Å². The maximum absolute atomic E-state index is 12.4. The van der Waals surface area contributed by atoms with Gasteiger partial charge in [0.2, 0.25) is 10.0 Å².